The molecular weight excluding hydrogens is 394 g/mol. The van der Waals surface area contributed by atoms with Gasteiger partial charge in [0, 0.05) is 11.1 Å². The average Bonchev–Trinajstić information content (AvgIpc) is 2.61. The molecule has 0 unspecified atom stereocenters. The minimum atomic E-state index is -0.897. The highest BCUT2D eigenvalue weighted by Crippen LogP contribution is 2.07. The van der Waals surface area contributed by atoms with Gasteiger partial charge in [0.05, 0.1) is 0 Å². The molecule has 29 heavy (non-hydrogen) atoms. The molecule has 0 heterocycles. The highest BCUT2D eigenvalue weighted by Gasteiger charge is 2.24. The van der Waals surface area contributed by atoms with Crippen LogP contribution in [0.5, 0.6) is 0 Å². The first-order chi connectivity index (χ1) is 13.5. The quantitative estimate of drug-likeness (QED) is 0.551. The average molecular weight is 424 g/mol. The van der Waals surface area contributed by atoms with E-state index < -0.39 is 42.0 Å². The summed E-state index contributed by atoms with van der Waals surface area (Å²) < 4.78 is 5.00. The molecule has 0 saturated carbocycles. The molecule has 0 aromatic heterocycles. The fourth-order valence-corrected chi connectivity index (χ4v) is 2.76. The Labute approximate surface area is 175 Å². The van der Waals surface area contributed by atoms with E-state index in [2.05, 4.69) is 16.0 Å². The molecule has 0 spiro atoms. The predicted octanol–water partition coefficient (Wildman–Crippen LogP) is 2.01. The SMILES string of the molecule is CSCC[C@@H](NC(=O)c1cccc(C)c1)C(=O)OCC(=O)NC(=O)NC(C)(C)C. The van der Waals surface area contributed by atoms with Gasteiger partial charge in [-0.15, -0.1) is 0 Å². The molecule has 0 aliphatic heterocycles. The van der Waals surface area contributed by atoms with E-state index in [1.807, 2.05) is 19.2 Å². The molecule has 0 aliphatic carbocycles. The Kier molecular flexibility index (Phi) is 9.67. The van der Waals surface area contributed by atoms with E-state index in [0.29, 0.717) is 17.7 Å². The standard InChI is InChI=1S/C20H29N3O5S/c1-13-7-6-8-14(11-13)17(25)21-15(9-10-29-5)18(26)28-12-16(24)22-19(27)23-20(2,3)4/h6-8,11,15H,9-10,12H2,1-5H3,(H,21,25)(H2,22,23,24,27)/t15-/m1/s1. The second kappa shape index (κ2) is 11.5. The number of urea groups is 1. The largest absolute Gasteiger partial charge is 0.454 e. The molecule has 1 atom stereocenters. The van der Waals surface area contributed by atoms with Gasteiger partial charge in [0.15, 0.2) is 6.61 Å². The zero-order valence-electron chi connectivity index (χ0n) is 17.5. The van der Waals surface area contributed by atoms with E-state index in [4.69, 9.17) is 4.74 Å². The molecule has 0 saturated heterocycles. The van der Waals surface area contributed by atoms with Crippen LogP contribution in [0.15, 0.2) is 24.3 Å². The van der Waals surface area contributed by atoms with Crippen LogP contribution in [0, 0.1) is 6.92 Å². The Hall–Kier alpha value is -2.55. The number of hydrogen-bond donors (Lipinski definition) is 3. The minimum Gasteiger partial charge on any atom is -0.454 e. The first-order valence-electron chi connectivity index (χ1n) is 9.17. The molecule has 9 heteroatoms. The third kappa shape index (κ3) is 9.98. The summed E-state index contributed by atoms with van der Waals surface area (Å²) in [7, 11) is 0. The number of esters is 1. The van der Waals surface area contributed by atoms with Crippen LogP contribution in [0.2, 0.25) is 0 Å². The van der Waals surface area contributed by atoms with Gasteiger partial charge in [-0.2, -0.15) is 11.8 Å². The van der Waals surface area contributed by atoms with Crippen molar-refractivity contribution in [1.82, 2.24) is 16.0 Å². The zero-order valence-corrected chi connectivity index (χ0v) is 18.3. The summed E-state index contributed by atoms with van der Waals surface area (Å²) in [5, 5.41) is 7.31. The van der Waals surface area contributed by atoms with Crippen LogP contribution in [-0.4, -0.2) is 54.0 Å². The monoisotopic (exact) mass is 423 g/mol. The normalized spacial score (nSPS) is 11.9. The van der Waals surface area contributed by atoms with Crippen molar-refractivity contribution < 1.29 is 23.9 Å². The fourth-order valence-electron chi connectivity index (χ4n) is 2.28. The van der Waals surface area contributed by atoms with E-state index >= 15 is 0 Å². The Morgan fingerprint density at radius 2 is 1.86 bits per heavy atom. The van der Waals surface area contributed by atoms with Crippen molar-refractivity contribution in [2.45, 2.75) is 45.7 Å². The molecule has 1 aromatic carbocycles. The van der Waals surface area contributed by atoms with Crippen molar-refractivity contribution in [3.63, 3.8) is 0 Å². The number of aryl methyl sites for hydroxylation is 1. The molecule has 1 aromatic rings. The van der Waals surface area contributed by atoms with Crippen molar-refractivity contribution in [3.05, 3.63) is 35.4 Å². The van der Waals surface area contributed by atoms with Gasteiger partial charge < -0.3 is 15.4 Å². The number of hydrogen-bond acceptors (Lipinski definition) is 6. The lowest BCUT2D eigenvalue weighted by Crippen LogP contribution is -2.49. The summed E-state index contributed by atoms with van der Waals surface area (Å²) >= 11 is 1.52. The van der Waals surface area contributed by atoms with Crippen LogP contribution < -0.4 is 16.0 Å². The van der Waals surface area contributed by atoms with E-state index in [-0.39, 0.29) is 0 Å². The molecule has 0 aliphatic rings. The lowest BCUT2D eigenvalue weighted by atomic mass is 10.1. The van der Waals surface area contributed by atoms with Gasteiger partial charge in [0.1, 0.15) is 6.04 Å². The second-order valence-electron chi connectivity index (χ2n) is 7.54. The lowest BCUT2D eigenvalue weighted by molar-refractivity contribution is -0.150. The lowest BCUT2D eigenvalue weighted by Gasteiger charge is -2.20. The van der Waals surface area contributed by atoms with Crippen LogP contribution in [-0.2, 0) is 14.3 Å². The van der Waals surface area contributed by atoms with Crippen LogP contribution in [0.3, 0.4) is 0 Å². The Morgan fingerprint density at radius 3 is 2.45 bits per heavy atom. The highest BCUT2D eigenvalue weighted by atomic mass is 32.2. The summed E-state index contributed by atoms with van der Waals surface area (Å²) in [6.07, 6.45) is 2.23. The number of carbonyl (C=O) groups excluding carboxylic acids is 4. The molecule has 160 valence electrons. The molecule has 0 bridgehead atoms. The third-order valence-corrected chi connectivity index (χ3v) is 4.21. The maximum absolute atomic E-state index is 12.4. The number of rotatable bonds is 8. The van der Waals surface area contributed by atoms with Gasteiger partial charge in [-0.25, -0.2) is 9.59 Å². The topological polar surface area (TPSA) is 114 Å². The van der Waals surface area contributed by atoms with Crippen molar-refractivity contribution in [2.24, 2.45) is 0 Å². The van der Waals surface area contributed by atoms with E-state index in [1.165, 1.54) is 11.8 Å². The maximum atomic E-state index is 12.4. The highest BCUT2D eigenvalue weighted by molar-refractivity contribution is 7.98. The summed E-state index contributed by atoms with van der Waals surface area (Å²) in [5.74, 6) is -1.26. The number of thioether (sulfide) groups is 1. The number of ether oxygens (including phenoxy) is 1. The molecule has 8 nitrogen and oxygen atoms in total. The first kappa shape index (κ1) is 24.5. The van der Waals surface area contributed by atoms with E-state index in [9.17, 15) is 19.2 Å². The summed E-state index contributed by atoms with van der Waals surface area (Å²) in [5.41, 5.74) is 0.846. The van der Waals surface area contributed by atoms with Crippen LogP contribution in [0.1, 0.15) is 43.1 Å². The van der Waals surface area contributed by atoms with Gasteiger partial charge in [-0.3, -0.25) is 14.9 Å². The van der Waals surface area contributed by atoms with E-state index in [0.717, 1.165) is 5.56 Å². The fraction of sp³-hybridized carbons (Fsp3) is 0.500. The van der Waals surface area contributed by atoms with Crippen molar-refractivity contribution in [3.8, 4) is 0 Å². The van der Waals surface area contributed by atoms with Crippen molar-refractivity contribution in [1.29, 1.82) is 0 Å². The Bertz CT molecular complexity index is 746. The van der Waals surface area contributed by atoms with Crippen molar-refractivity contribution in [2.75, 3.05) is 18.6 Å². The number of nitrogens with one attached hydrogen (secondary N) is 3. The van der Waals surface area contributed by atoms with Crippen LogP contribution in [0.25, 0.3) is 0 Å². The van der Waals surface area contributed by atoms with Gasteiger partial charge >= 0.3 is 12.0 Å². The number of benzene rings is 1. The van der Waals surface area contributed by atoms with Gasteiger partial charge in [0.25, 0.3) is 11.8 Å². The molecule has 3 N–H and O–H groups in total. The molecule has 1 rings (SSSR count). The predicted molar refractivity (Wildman–Crippen MR) is 113 cm³/mol. The van der Waals surface area contributed by atoms with Gasteiger partial charge in [-0.1, -0.05) is 17.7 Å². The number of imide groups is 1. The zero-order chi connectivity index (χ0) is 22.0. The molecule has 4 amide bonds. The van der Waals surface area contributed by atoms with E-state index in [1.54, 1.807) is 39.0 Å². The van der Waals surface area contributed by atoms with Gasteiger partial charge in [-0.05, 0) is 58.3 Å². The van der Waals surface area contributed by atoms with Crippen molar-refractivity contribution >= 4 is 35.6 Å². The molecule has 0 radical (unpaired) electrons. The van der Waals surface area contributed by atoms with Crippen LogP contribution >= 0.6 is 11.8 Å². The maximum Gasteiger partial charge on any atom is 0.329 e. The Morgan fingerprint density at radius 1 is 1.17 bits per heavy atom. The number of carbonyl (C=O) groups is 4. The second-order valence-corrected chi connectivity index (χ2v) is 8.52. The van der Waals surface area contributed by atoms with Gasteiger partial charge in [0.2, 0.25) is 0 Å². The number of amides is 4. The first-order valence-corrected chi connectivity index (χ1v) is 10.6. The Balaban J connectivity index is 2.63. The smallest absolute Gasteiger partial charge is 0.329 e. The molecule has 0 fully saturated rings. The molecular formula is C20H29N3O5S. The summed E-state index contributed by atoms with van der Waals surface area (Å²) in [4.78, 5) is 48.3. The third-order valence-electron chi connectivity index (χ3n) is 3.57. The minimum absolute atomic E-state index is 0.351. The summed E-state index contributed by atoms with van der Waals surface area (Å²) in [6.45, 7) is 6.55. The van der Waals surface area contributed by atoms with Crippen LogP contribution in [0.4, 0.5) is 4.79 Å². The summed E-state index contributed by atoms with van der Waals surface area (Å²) in [6, 6.07) is 5.42.